The summed E-state index contributed by atoms with van der Waals surface area (Å²) in [6, 6.07) is 0. The van der Waals surface area contributed by atoms with Gasteiger partial charge in [-0.25, -0.2) is 4.79 Å². The third-order valence-corrected chi connectivity index (χ3v) is 2.85. The number of Topliss-reactive ketones (excluding diaryl/α,β-unsaturated/α-hetero) is 1. The van der Waals surface area contributed by atoms with Crippen LogP contribution in [0.3, 0.4) is 0 Å². The van der Waals surface area contributed by atoms with Gasteiger partial charge in [-0.3, -0.25) is 4.79 Å². The summed E-state index contributed by atoms with van der Waals surface area (Å²) in [6.07, 6.45) is 3.06. The molecule has 16 heavy (non-hydrogen) atoms. The molecule has 0 aromatic carbocycles. The predicted molar refractivity (Wildman–Crippen MR) is 58.9 cm³/mol. The summed E-state index contributed by atoms with van der Waals surface area (Å²) in [5.41, 5.74) is -0.144. The van der Waals surface area contributed by atoms with Crippen LogP contribution >= 0.6 is 0 Å². The normalized spacial score (nSPS) is 17.4. The number of ketones is 1. The van der Waals surface area contributed by atoms with Crippen LogP contribution < -0.4 is 0 Å². The van der Waals surface area contributed by atoms with Crippen LogP contribution in [0, 0.1) is 5.92 Å². The molecule has 0 spiro atoms. The van der Waals surface area contributed by atoms with Crippen molar-refractivity contribution in [2.75, 3.05) is 6.61 Å². The van der Waals surface area contributed by atoms with Gasteiger partial charge in [-0.15, -0.1) is 0 Å². The molecule has 0 aliphatic heterocycles. The smallest absolute Gasteiger partial charge is 0.342 e. The van der Waals surface area contributed by atoms with Crippen LogP contribution in [0.15, 0.2) is 11.3 Å². The maximum Gasteiger partial charge on any atom is 0.342 e. The van der Waals surface area contributed by atoms with E-state index in [4.69, 9.17) is 9.84 Å². The molecule has 0 amide bonds. The summed E-state index contributed by atoms with van der Waals surface area (Å²) in [5, 5.41) is 9.08. The lowest BCUT2D eigenvalue weighted by Crippen LogP contribution is -2.28. The number of allylic oxidation sites excluding steroid dienone is 1. The zero-order valence-electron chi connectivity index (χ0n) is 9.78. The largest absolute Gasteiger partial charge is 0.497 e. The van der Waals surface area contributed by atoms with Gasteiger partial charge in [0.2, 0.25) is 0 Å². The first kappa shape index (κ1) is 12.7. The number of hydrogen-bond donors (Lipinski definition) is 1. The van der Waals surface area contributed by atoms with Gasteiger partial charge in [0.15, 0.2) is 5.78 Å². The number of aliphatic carboxylic acids is 1. The SMILES string of the molecule is CCOC(CC)=C(C(=O)O)C(=O)C1CCC1. The molecule has 0 radical (unpaired) electrons. The van der Waals surface area contributed by atoms with Crippen molar-refractivity contribution < 1.29 is 19.4 Å². The van der Waals surface area contributed by atoms with Crippen LogP contribution in [0.4, 0.5) is 0 Å². The fourth-order valence-electron chi connectivity index (χ4n) is 1.76. The maximum atomic E-state index is 11.9. The van der Waals surface area contributed by atoms with E-state index in [0.29, 0.717) is 18.8 Å². The molecule has 0 aromatic heterocycles. The van der Waals surface area contributed by atoms with Crippen molar-refractivity contribution in [2.24, 2.45) is 5.92 Å². The Bertz CT molecular complexity index is 313. The van der Waals surface area contributed by atoms with Crippen molar-refractivity contribution in [1.29, 1.82) is 0 Å². The predicted octanol–water partition coefficient (Wildman–Crippen LogP) is 2.14. The van der Waals surface area contributed by atoms with Crippen LogP contribution in [-0.2, 0) is 14.3 Å². The second-order valence-corrected chi connectivity index (χ2v) is 3.88. The second kappa shape index (κ2) is 5.68. The number of carboxylic acids is 1. The van der Waals surface area contributed by atoms with E-state index >= 15 is 0 Å². The molecule has 0 unspecified atom stereocenters. The van der Waals surface area contributed by atoms with Gasteiger partial charge >= 0.3 is 5.97 Å². The fourth-order valence-corrected chi connectivity index (χ4v) is 1.76. The Morgan fingerprint density at radius 1 is 1.31 bits per heavy atom. The van der Waals surface area contributed by atoms with Crippen LogP contribution in [-0.4, -0.2) is 23.5 Å². The van der Waals surface area contributed by atoms with Crippen molar-refractivity contribution in [1.82, 2.24) is 0 Å². The number of carboxylic acid groups (broad SMARTS) is 1. The minimum atomic E-state index is -1.16. The van der Waals surface area contributed by atoms with Crippen LogP contribution in [0.1, 0.15) is 39.5 Å². The van der Waals surface area contributed by atoms with E-state index < -0.39 is 5.97 Å². The summed E-state index contributed by atoms with van der Waals surface area (Å²) in [5.74, 6) is -1.22. The molecular formula is C12H18O4. The van der Waals surface area contributed by atoms with Gasteiger partial charge in [0, 0.05) is 12.3 Å². The highest BCUT2D eigenvalue weighted by Gasteiger charge is 2.33. The molecule has 0 atom stereocenters. The molecule has 4 heteroatoms. The van der Waals surface area contributed by atoms with Crippen LogP contribution in [0.2, 0.25) is 0 Å². The lowest BCUT2D eigenvalue weighted by atomic mass is 9.79. The Morgan fingerprint density at radius 2 is 1.94 bits per heavy atom. The second-order valence-electron chi connectivity index (χ2n) is 3.88. The van der Waals surface area contributed by atoms with Gasteiger partial charge < -0.3 is 9.84 Å². The Balaban J connectivity index is 2.94. The standard InChI is InChI=1S/C12H18O4/c1-3-9(16-4-2)10(12(14)15)11(13)8-6-5-7-8/h8H,3-7H2,1-2H3,(H,14,15). The summed E-state index contributed by atoms with van der Waals surface area (Å²) in [7, 11) is 0. The van der Waals surface area contributed by atoms with E-state index in [2.05, 4.69) is 0 Å². The van der Waals surface area contributed by atoms with E-state index in [1.807, 2.05) is 0 Å². The summed E-state index contributed by atoms with van der Waals surface area (Å²) >= 11 is 0. The molecular weight excluding hydrogens is 208 g/mol. The Hall–Kier alpha value is -1.32. The summed E-state index contributed by atoms with van der Waals surface area (Å²) in [4.78, 5) is 23.0. The number of hydrogen-bond acceptors (Lipinski definition) is 3. The number of rotatable bonds is 6. The average molecular weight is 226 g/mol. The number of carbonyl (C=O) groups is 2. The average Bonchev–Trinajstić information content (AvgIpc) is 2.13. The highest BCUT2D eigenvalue weighted by molar-refractivity contribution is 6.18. The first-order valence-corrected chi connectivity index (χ1v) is 5.75. The van der Waals surface area contributed by atoms with Crippen molar-refractivity contribution >= 4 is 11.8 Å². The van der Waals surface area contributed by atoms with Crippen LogP contribution in [0.25, 0.3) is 0 Å². The van der Waals surface area contributed by atoms with E-state index in [9.17, 15) is 9.59 Å². The van der Waals surface area contributed by atoms with Gasteiger partial charge in [0.05, 0.1) is 6.61 Å². The Morgan fingerprint density at radius 3 is 2.25 bits per heavy atom. The molecule has 0 aromatic rings. The number of ether oxygens (including phenoxy) is 1. The number of carbonyl (C=O) groups excluding carboxylic acids is 1. The zero-order chi connectivity index (χ0) is 12.1. The fraction of sp³-hybridized carbons (Fsp3) is 0.667. The highest BCUT2D eigenvalue weighted by Crippen LogP contribution is 2.30. The molecule has 1 aliphatic carbocycles. The molecule has 1 N–H and O–H groups in total. The van der Waals surface area contributed by atoms with Gasteiger partial charge in [0.1, 0.15) is 11.3 Å². The lowest BCUT2D eigenvalue weighted by molar-refractivity contribution is -0.136. The third-order valence-electron chi connectivity index (χ3n) is 2.85. The lowest BCUT2D eigenvalue weighted by Gasteiger charge is -2.24. The van der Waals surface area contributed by atoms with Gasteiger partial charge in [-0.2, -0.15) is 0 Å². The van der Waals surface area contributed by atoms with Gasteiger partial charge in [-0.05, 0) is 19.8 Å². The van der Waals surface area contributed by atoms with Crippen molar-refractivity contribution in [3.05, 3.63) is 11.3 Å². The quantitative estimate of drug-likeness (QED) is 0.326. The molecule has 0 heterocycles. The third kappa shape index (κ3) is 2.62. The highest BCUT2D eigenvalue weighted by atomic mass is 16.5. The van der Waals surface area contributed by atoms with Gasteiger partial charge in [-0.1, -0.05) is 13.3 Å². The summed E-state index contributed by atoms with van der Waals surface area (Å²) < 4.78 is 5.23. The van der Waals surface area contributed by atoms with Crippen LogP contribution in [0.5, 0.6) is 0 Å². The molecule has 90 valence electrons. The van der Waals surface area contributed by atoms with E-state index in [-0.39, 0.29) is 17.3 Å². The van der Waals surface area contributed by atoms with E-state index in [1.54, 1.807) is 13.8 Å². The van der Waals surface area contributed by atoms with E-state index in [1.165, 1.54) is 0 Å². The molecule has 1 rings (SSSR count). The minimum absolute atomic E-state index is 0.104. The van der Waals surface area contributed by atoms with Crippen molar-refractivity contribution in [2.45, 2.75) is 39.5 Å². The van der Waals surface area contributed by atoms with Crippen molar-refractivity contribution in [3.8, 4) is 0 Å². The topological polar surface area (TPSA) is 63.6 Å². The first-order chi connectivity index (χ1) is 7.61. The molecule has 0 bridgehead atoms. The Labute approximate surface area is 95.3 Å². The van der Waals surface area contributed by atoms with E-state index in [0.717, 1.165) is 19.3 Å². The molecule has 1 aliphatic rings. The molecule has 0 saturated heterocycles. The van der Waals surface area contributed by atoms with Gasteiger partial charge in [0.25, 0.3) is 0 Å². The monoisotopic (exact) mass is 226 g/mol. The zero-order valence-corrected chi connectivity index (χ0v) is 9.78. The Kier molecular flexibility index (Phi) is 4.52. The molecule has 1 saturated carbocycles. The summed E-state index contributed by atoms with van der Waals surface area (Å²) in [6.45, 7) is 3.96. The maximum absolute atomic E-state index is 11.9. The molecule has 4 nitrogen and oxygen atoms in total. The first-order valence-electron chi connectivity index (χ1n) is 5.75. The molecule has 1 fully saturated rings. The minimum Gasteiger partial charge on any atom is -0.497 e. The van der Waals surface area contributed by atoms with Crippen molar-refractivity contribution in [3.63, 3.8) is 0 Å².